The average Bonchev–Trinajstić information content (AvgIpc) is 2.77. The first-order chi connectivity index (χ1) is 14.7. The molecular weight excluding hydrogens is 378 g/mol. The highest BCUT2D eigenvalue weighted by Crippen LogP contribution is 2.31. The normalized spacial score (nSPS) is 19.3. The Hall–Kier alpha value is -3.09. The van der Waals surface area contributed by atoms with E-state index in [0.29, 0.717) is 31.6 Å². The van der Waals surface area contributed by atoms with Gasteiger partial charge in [0.05, 0.1) is 30.8 Å². The van der Waals surface area contributed by atoms with Crippen LogP contribution in [0.4, 0.5) is 5.69 Å². The topological polar surface area (TPSA) is 83.8 Å². The third-order valence-electron chi connectivity index (χ3n) is 5.42. The van der Waals surface area contributed by atoms with Crippen LogP contribution in [0.15, 0.2) is 53.7 Å². The van der Waals surface area contributed by atoms with Gasteiger partial charge in [0.2, 0.25) is 0 Å². The molecule has 2 aromatic carbocycles. The summed E-state index contributed by atoms with van der Waals surface area (Å²) >= 11 is 0. The van der Waals surface area contributed by atoms with E-state index in [1.807, 2.05) is 43.5 Å². The number of pyridine rings is 1. The van der Waals surface area contributed by atoms with Gasteiger partial charge in [-0.1, -0.05) is 30.3 Å². The van der Waals surface area contributed by atoms with E-state index in [-0.39, 0.29) is 6.04 Å². The molecule has 0 amide bonds. The molecule has 154 valence electrons. The number of rotatable bonds is 6. The fourth-order valence-electron chi connectivity index (χ4n) is 3.78. The van der Waals surface area contributed by atoms with Crippen molar-refractivity contribution in [2.45, 2.75) is 31.9 Å². The van der Waals surface area contributed by atoms with Crippen LogP contribution in [0.25, 0.3) is 10.8 Å². The van der Waals surface area contributed by atoms with Crippen molar-refractivity contribution in [1.29, 1.82) is 0 Å². The zero-order valence-electron chi connectivity index (χ0n) is 16.9. The van der Waals surface area contributed by atoms with Gasteiger partial charge in [0.15, 0.2) is 6.29 Å². The number of benzene rings is 2. The molecule has 0 spiro atoms. The number of aromatic nitrogens is 1. The number of nitrogens with zero attached hydrogens (tertiary/aromatic N) is 2. The Morgan fingerprint density at radius 2 is 2.10 bits per heavy atom. The molecule has 30 heavy (non-hydrogen) atoms. The quantitative estimate of drug-likeness (QED) is 0.374. The summed E-state index contributed by atoms with van der Waals surface area (Å²) in [6, 6.07) is 13.8. The van der Waals surface area contributed by atoms with Crippen molar-refractivity contribution in [2.75, 3.05) is 18.5 Å². The standard InChI is InChI=1S/C24H25N3O3/c1-16-6-7-17(12-25-16)10-18-11-19(13-28)24(21-5-3-2-4-20(18)21)27-15-26-22-8-9-30-14-23(22)29/h2-7,11-13,15,22-23,29H,8-10,14H2,1H3,(H,26,27). The molecule has 0 bridgehead atoms. The van der Waals surface area contributed by atoms with Gasteiger partial charge >= 0.3 is 0 Å². The first kappa shape index (κ1) is 20.2. The van der Waals surface area contributed by atoms with Crippen LogP contribution in [0.5, 0.6) is 0 Å². The molecule has 2 heterocycles. The Kier molecular flexibility index (Phi) is 6.16. The minimum Gasteiger partial charge on any atom is -0.388 e. The average molecular weight is 403 g/mol. The number of hydrogen-bond acceptors (Lipinski definition) is 5. The van der Waals surface area contributed by atoms with Gasteiger partial charge < -0.3 is 15.2 Å². The minimum atomic E-state index is -0.607. The first-order valence-electron chi connectivity index (χ1n) is 10.1. The number of carbonyl (C=O) groups is 1. The molecule has 6 nitrogen and oxygen atoms in total. The number of carbonyl (C=O) groups excluding carboxylic acids is 1. The van der Waals surface area contributed by atoms with Crippen molar-refractivity contribution in [3.63, 3.8) is 0 Å². The third kappa shape index (κ3) is 4.40. The monoisotopic (exact) mass is 403 g/mol. The first-order valence-corrected chi connectivity index (χ1v) is 10.1. The molecule has 2 unspecified atom stereocenters. The van der Waals surface area contributed by atoms with E-state index in [2.05, 4.69) is 27.4 Å². The molecule has 0 saturated carbocycles. The maximum Gasteiger partial charge on any atom is 0.152 e. The fourth-order valence-corrected chi connectivity index (χ4v) is 3.78. The number of aryl methyl sites for hydroxylation is 1. The van der Waals surface area contributed by atoms with Crippen LogP contribution in [0.2, 0.25) is 0 Å². The van der Waals surface area contributed by atoms with E-state index in [1.54, 1.807) is 6.34 Å². The molecule has 1 saturated heterocycles. The molecule has 4 rings (SSSR count). The van der Waals surface area contributed by atoms with Gasteiger partial charge in [-0.25, -0.2) is 0 Å². The molecular formula is C24H25N3O3. The van der Waals surface area contributed by atoms with Crippen LogP contribution < -0.4 is 5.32 Å². The highest BCUT2D eigenvalue weighted by Gasteiger charge is 2.22. The van der Waals surface area contributed by atoms with Crippen LogP contribution in [-0.4, -0.2) is 48.1 Å². The number of aliphatic hydroxyl groups excluding tert-OH is 1. The number of aldehydes is 1. The molecule has 1 aliphatic heterocycles. The predicted octanol–water partition coefficient (Wildman–Crippen LogP) is 3.54. The highest BCUT2D eigenvalue weighted by atomic mass is 16.5. The minimum absolute atomic E-state index is 0.203. The summed E-state index contributed by atoms with van der Waals surface area (Å²) in [5.74, 6) is 0. The molecule has 0 aliphatic carbocycles. The largest absolute Gasteiger partial charge is 0.388 e. The van der Waals surface area contributed by atoms with Crippen LogP contribution in [0.1, 0.15) is 33.6 Å². The SMILES string of the molecule is Cc1ccc(Cc2cc(C=O)c(NC=NC3CCOCC3O)c3ccccc23)cn1. The second-order valence-corrected chi connectivity index (χ2v) is 7.57. The molecule has 1 fully saturated rings. The molecule has 1 aromatic heterocycles. The van der Waals surface area contributed by atoms with Crippen LogP contribution in [0.3, 0.4) is 0 Å². The van der Waals surface area contributed by atoms with E-state index in [1.165, 1.54) is 0 Å². The zero-order valence-corrected chi connectivity index (χ0v) is 16.9. The third-order valence-corrected chi connectivity index (χ3v) is 5.42. The Morgan fingerprint density at radius 3 is 2.83 bits per heavy atom. The Balaban J connectivity index is 1.66. The number of aliphatic imine (C=N–C) groups is 1. The van der Waals surface area contributed by atoms with Crippen molar-refractivity contribution < 1.29 is 14.6 Å². The van der Waals surface area contributed by atoms with Crippen molar-refractivity contribution >= 4 is 29.1 Å². The highest BCUT2D eigenvalue weighted by molar-refractivity contribution is 6.06. The maximum absolute atomic E-state index is 11.9. The summed E-state index contributed by atoms with van der Waals surface area (Å²) in [7, 11) is 0. The molecule has 2 atom stereocenters. The van der Waals surface area contributed by atoms with Gasteiger partial charge in [0.1, 0.15) is 0 Å². The van der Waals surface area contributed by atoms with E-state index >= 15 is 0 Å². The van der Waals surface area contributed by atoms with Gasteiger partial charge in [-0.2, -0.15) is 0 Å². The second kappa shape index (κ2) is 9.15. The lowest BCUT2D eigenvalue weighted by Gasteiger charge is -2.24. The lowest BCUT2D eigenvalue weighted by Crippen LogP contribution is -2.35. The Bertz CT molecular complexity index is 1060. The lowest BCUT2D eigenvalue weighted by molar-refractivity contribution is -0.0175. The van der Waals surface area contributed by atoms with Crippen molar-refractivity contribution in [3.8, 4) is 0 Å². The van der Waals surface area contributed by atoms with E-state index < -0.39 is 6.10 Å². The smallest absolute Gasteiger partial charge is 0.152 e. The summed E-state index contributed by atoms with van der Waals surface area (Å²) < 4.78 is 5.24. The summed E-state index contributed by atoms with van der Waals surface area (Å²) in [4.78, 5) is 20.7. The lowest BCUT2D eigenvalue weighted by atomic mass is 9.95. The van der Waals surface area contributed by atoms with Crippen LogP contribution >= 0.6 is 0 Å². The number of anilines is 1. The van der Waals surface area contributed by atoms with Gasteiger partial charge in [0.25, 0.3) is 0 Å². The predicted molar refractivity (Wildman–Crippen MR) is 118 cm³/mol. The van der Waals surface area contributed by atoms with E-state index in [9.17, 15) is 9.90 Å². The maximum atomic E-state index is 11.9. The van der Waals surface area contributed by atoms with Crippen molar-refractivity contribution in [1.82, 2.24) is 4.98 Å². The van der Waals surface area contributed by atoms with Gasteiger partial charge in [-0.05, 0) is 48.4 Å². The van der Waals surface area contributed by atoms with Gasteiger partial charge in [-0.3, -0.25) is 14.8 Å². The van der Waals surface area contributed by atoms with Crippen LogP contribution in [0, 0.1) is 6.92 Å². The fraction of sp³-hybridized carbons (Fsp3) is 0.292. The molecule has 6 heteroatoms. The van der Waals surface area contributed by atoms with Crippen molar-refractivity contribution in [2.24, 2.45) is 4.99 Å². The Labute approximate surface area is 175 Å². The number of aliphatic hydroxyl groups is 1. The number of fused-ring (bicyclic) bond motifs is 1. The van der Waals surface area contributed by atoms with E-state index in [4.69, 9.17) is 4.74 Å². The second-order valence-electron chi connectivity index (χ2n) is 7.57. The van der Waals surface area contributed by atoms with E-state index in [0.717, 1.165) is 39.6 Å². The van der Waals surface area contributed by atoms with Gasteiger partial charge in [0, 0.05) is 29.4 Å². The molecule has 3 aromatic rings. The van der Waals surface area contributed by atoms with Gasteiger partial charge in [-0.15, -0.1) is 0 Å². The molecule has 2 N–H and O–H groups in total. The summed E-state index contributed by atoms with van der Waals surface area (Å²) in [6.07, 6.45) is 5.08. The molecule has 1 aliphatic rings. The number of hydrogen-bond donors (Lipinski definition) is 2. The zero-order chi connectivity index (χ0) is 20.9. The summed E-state index contributed by atoms with van der Waals surface area (Å²) in [5.41, 5.74) is 4.43. The summed E-state index contributed by atoms with van der Waals surface area (Å²) in [6.45, 7) is 2.85. The number of ether oxygens (including phenoxy) is 1. The number of nitrogens with one attached hydrogen (secondary N) is 1. The molecule has 0 radical (unpaired) electrons. The summed E-state index contributed by atoms with van der Waals surface area (Å²) in [5, 5.41) is 15.2. The van der Waals surface area contributed by atoms with Crippen molar-refractivity contribution in [3.05, 3.63) is 71.0 Å². The Morgan fingerprint density at radius 1 is 1.27 bits per heavy atom. The van der Waals surface area contributed by atoms with Crippen LogP contribution in [-0.2, 0) is 11.2 Å².